The highest BCUT2D eigenvalue weighted by Crippen LogP contribution is 2.35. The third-order valence-electron chi connectivity index (χ3n) is 4.63. The summed E-state index contributed by atoms with van der Waals surface area (Å²) in [6.07, 6.45) is 2.00. The molecular formula is C20H22N2O2. The zero-order valence-electron chi connectivity index (χ0n) is 14.1. The molecule has 2 aromatic carbocycles. The van der Waals surface area contributed by atoms with Gasteiger partial charge < -0.3 is 10.2 Å². The van der Waals surface area contributed by atoms with E-state index in [1.165, 1.54) is 18.1 Å². The molecule has 0 saturated heterocycles. The largest absolute Gasteiger partial charge is 0.352 e. The lowest BCUT2D eigenvalue weighted by molar-refractivity contribution is -0.119. The topological polar surface area (TPSA) is 49.4 Å². The fraction of sp³-hybridized carbons (Fsp3) is 0.300. The summed E-state index contributed by atoms with van der Waals surface area (Å²) in [6.45, 7) is 1.97. The van der Waals surface area contributed by atoms with Gasteiger partial charge in [0.2, 0.25) is 5.91 Å². The molecule has 1 aliphatic carbocycles. The van der Waals surface area contributed by atoms with Crippen LogP contribution >= 0.6 is 0 Å². The van der Waals surface area contributed by atoms with Gasteiger partial charge in [0.25, 0.3) is 5.91 Å². The van der Waals surface area contributed by atoms with Crippen molar-refractivity contribution in [3.63, 3.8) is 0 Å². The lowest BCUT2D eigenvalue weighted by Gasteiger charge is -2.25. The fourth-order valence-corrected chi connectivity index (χ4v) is 3.27. The normalized spacial score (nSPS) is 15.7. The van der Waals surface area contributed by atoms with Gasteiger partial charge in [-0.1, -0.05) is 36.4 Å². The second kappa shape index (κ2) is 6.87. The van der Waals surface area contributed by atoms with Crippen LogP contribution in [0.5, 0.6) is 0 Å². The molecule has 1 aliphatic rings. The van der Waals surface area contributed by atoms with Crippen molar-refractivity contribution in [2.24, 2.45) is 0 Å². The zero-order chi connectivity index (χ0) is 17.1. The van der Waals surface area contributed by atoms with Gasteiger partial charge in [-0.05, 0) is 41.7 Å². The van der Waals surface area contributed by atoms with E-state index in [1.807, 2.05) is 42.3 Å². The maximum Gasteiger partial charge on any atom is 0.254 e. The number of hydrogen-bond acceptors (Lipinski definition) is 2. The molecule has 4 heteroatoms. The number of carbonyl (C=O) groups is 2. The van der Waals surface area contributed by atoms with Crippen LogP contribution in [0.25, 0.3) is 0 Å². The molecule has 1 N–H and O–H groups in total. The molecule has 2 aromatic rings. The summed E-state index contributed by atoms with van der Waals surface area (Å²) in [7, 11) is 1.88. The maximum absolute atomic E-state index is 12.8. The number of amides is 2. The summed E-state index contributed by atoms with van der Waals surface area (Å²) in [6, 6.07) is 15.9. The average Bonchev–Trinajstić information content (AvgIpc) is 3.03. The molecule has 124 valence electrons. The van der Waals surface area contributed by atoms with Gasteiger partial charge in [0.15, 0.2) is 0 Å². The molecule has 24 heavy (non-hydrogen) atoms. The van der Waals surface area contributed by atoms with Gasteiger partial charge in [0.05, 0.1) is 6.04 Å². The van der Waals surface area contributed by atoms with Gasteiger partial charge in [0, 0.05) is 26.1 Å². The predicted molar refractivity (Wildman–Crippen MR) is 93.6 cm³/mol. The molecule has 3 rings (SSSR count). The summed E-state index contributed by atoms with van der Waals surface area (Å²) >= 11 is 0. The second-order valence-electron chi connectivity index (χ2n) is 6.28. The third-order valence-corrected chi connectivity index (χ3v) is 4.63. The van der Waals surface area contributed by atoms with Crippen LogP contribution in [-0.4, -0.2) is 23.8 Å². The number of fused-ring (bicyclic) bond motifs is 1. The number of rotatable bonds is 4. The highest BCUT2D eigenvalue weighted by molar-refractivity contribution is 5.94. The SMILES string of the molecule is CC(=O)NCc1ccc(C(=O)N(C)C2CCc3ccccc32)cc1. The van der Waals surface area contributed by atoms with Gasteiger partial charge >= 0.3 is 0 Å². The smallest absolute Gasteiger partial charge is 0.254 e. The molecule has 0 spiro atoms. The molecule has 0 saturated carbocycles. The van der Waals surface area contributed by atoms with Crippen LogP contribution in [0.15, 0.2) is 48.5 Å². The minimum absolute atomic E-state index is 0.0304. The Morgan fingerprint density at radius 2 is 1.83 bits per heavy atom. The molecule has 2 amide bonds. The molecule has 0 bridgehead atoms. The Hall–Kier alpha value is -2.62. The van der Waals surface area contributed by atoms with E-state index >= 15 is 0 Å². The first-order valence-corrected chi connectivity index (χ1v) is 8.24. The average molecular weight is 322 g/mol. The second-order valence-corrected chi connectivity index (χ2v) is 6.28. The lowest BCUT2D eigenvalue weighted by Crippen LogP contribution is -2.30. The standard InChI is InChI=1S/C20H22N2O2/c1-14(23)21-13-15-7-9-17(10-8-15)20(24)22(2)19-12-11-16-5-3-4-6-18(16)19/h3-10,19H,11-13H2,1-2H3,(H,21,23). The minimum Gasteiger partial charge on any atom is -0.352 e. The van der Waals surface area contributed by atoms with E-state index in [9.17, 15) is 9.59 Å². The summed E-state index contributed by atoms with van der Waals surface area (Å²) in [5.74, 6) is -0.0300. The van der Waals surface area contributed by atoms with E-state index in [4.69, 9.17) is 0 Å². The summed E-state index contributed by atoms with van der Waals surface area (Å²) in [4.78, 5) is 25.6. The van der Waals surface area contributed by atoms with Crippen LogP contribution in [0.1, 0.15) is 46.4 Å². The van der Waals surface area contributed by atoms with Gasteiger partial charge in [-0.2, -0.15) is 0 Å². The van der Waals surface area contributed by atoms with Crippen LogP contribution < -0.4 is 5.32 Å². The molecule has 0 aromatic heterocycles. The van der Waals surface area contributed by atoms with Crippen LogP contribution in [-0.2, 0) is 17.8 Å². The number of hydrogen-bond donors (Lipinski definition) is 1. The van der Waals surface area contributed by atoms with Crippen molar-refractivity contribution in [2.45, 2.75) is 32.4 Å². The molecule has 0 aliphatic heterocycles. The van der Waals surface area contributed by atoms with Gasteiger partial charge in [-0.25, -0.2) is 0 Å². The van der Waals surface area contributed by atoms with Crippen LogP contribution in [0.2, 0.25) is 0 Å². The summed E-state index contributed by atoms with van der Waals surface area (Å²) in [5, 5.41) is 2.75. The first-order valence-electron chi connectivity index (χ1n) is 8.24. The van der Waals surface area contributed by atoms with Crippen molar-refractivity contribution >= 4 is 11.8 Å². The monoisotopic (exact) mass is 322 g/mol. The predicted octanol–water partition coefficient (Wildman–Crippen LogP) is 3.08. The Labute approximate surface area is 142 Å². The number of carbonyl (C=O) groups excluding carboxylic acids is 2. The molecule has 4 nitrogen and oxygen atoms in total. The van der Waals surface area contributed by atoms with Crippen molar-refractivity contribution in [3.8, 4) is 0 Å². The number of benzene rings is 2. The lowest BCUT2D eigenvalue weighted by atomic mass is 10.1. The Kier molecular flexibility index (Phi) is 4.65. The Morgan fingerprint density at radius 3 is 2.54 bits per heavy atom. The van der Waals surface area contributed by atoms with Crippen LogP contribution in [0.4, 0.5) is 0 Å². The minimum atomic E-state index is -0.0604. The molecular weight excluding hydrogens is 300 g/mol. The molecule has 0 radical (unpaired) electrons. The van der Waals surface area contributed by atoms with E-state index in [0.717, 1.165) is 18.4 Å². The maximum atomic E-state index is 12.8. The third kappa shape index (κ3) is 3.32. The van der Waals surface area contributed by atoms with Crippen molar-refractivity contribution in [2.75, 3.05) is 7.05 Å². The van der Waals surface area contributed by atoms with E-state index in [0.29, 0.717) is 12.1 Å². The van der Waals surface area contributed by atoms with Gasteiger partial charge in [0.1, 0.15) is 0 Å². The summed E-state index contributed by atoms with van der Waals surface area (Å²) in [5.41, 5.74) is 4.26. The van der Waals surface area contributed by atoms with E-state index in [1.54, 1.807) is 0 Å². The molecule has 0 heterocycles. The number of nitrogens with zero attached hydrogens (tertiary/aromatic N) is 1. The van der Waals surface area contributed by atoms with Crippen molar-refractivity contribution in [3.05, 3.63) is 70.8 Å². The van der Waals surface area contributed by atoms with Gasteiger partial charge in [-0.15, -0.1) is 0 Å². The molecule has 1 unspecified atom stereocenters. The quantitative estimate of drug-likeness (QED) is 0.940. The Morgan fingerprint density at radius 1 is 1.12 bits per heavy atom. The van der Waals surface area contributed by atoms with Gasteiger partial charge in [-0.3, -0.25) is 9.59 Å². The molecule has 1 atom stereocenters. The van der Waals surface area contributed by atoms with Crippen LogP contribution in [0.3, 0.4) is 0 Å². The highest BCUT2D eigenvalue weighted by atomic mass is 16.2. The van der Waals surface area contributed by atoms with Crippen molar-refractivity contribution < 1.29 is 9.59 Å². The van der Waals surface area contributed by atoms with Crippen LogP contribution in [0, 0.1) is 0 Å². The number of nitrogens with one attached hydrogen (secondary N) is 1. The van der Waals surface area contributed by atoms with E-state index < -0.39 is 0 Å². The zero-order valence-corrected chi connectivity index (χ0v) is 14.1. The van der Waals surface area contributed by atoms with Crippen molar-refractivity contribution in [1.29, 1.82) is 0 Å². The number of aryl methyl sites for hydroxylation is 1. The highest BCUT2D eigenvalue weighted by Gasteiger charge is 2.28. The van der Waals surface area contributed by atoms with E-state index in [-0.39, 0.29) is 17.9 Å². The Bertz CT molecular complexity index is 752. The Balaban J connectivity index is 1.71. The van der Waals surface area contributed by atoms with E-state index in [2.05, 4.69) is 23.5 Å². The van der Waals surface area contributed by atoms with Crippen molar-refractivity contribution in [1.82, 2.24) is 10.2 Å². The first kappa shape index (κ1) is 16.2. The fourth-order valence-electron chi connectivity index (χ4n) is 3.27. The first-order chi connectivity index (χ1) is 11.6. The molecule has 0 fully saturated rings. The summed E-state index contributed by atoms with van der Waals surface area (Å²) < 4.78 is 0.